The first-order valence-electron chi connectivity index (χ1n) is 11.2. The minimum atomic E-state index is -0.322. The first-order valence-corrected chi connectivity index (χ1v) is 11.5. The highest BCUT2D eigenvalue weighted by atomic mass is 35.5. The molecule has 1 aromatic carbocycles. The van der Waals surface area contributed by atoms with Gasteiger partial charge in [-0.05, 0) is 55.0 Å². The van der Waals surface area contributed by atoms with Crippen LogP contribution in [0.2, 0.25) is 5.02 Å². The number of carbonyl (C=O) groups is 1. The van der Waals surface area contributed by atoms with E-state index in [1.165, 1.54) is 12.1 Å². The van der Waals surface area contributed by atoms with Crippen molar-refractivity contribution in [3.05, 3.63) is 89.0 Å². The van der Waals surface area contributed by atoms with Crippen LogP contribution in [0.3, 0.4) is 0 Å². The van der Waals surface area contributed by atoms with Gasteiger partial charge in [0.2, 0.25) is 0 Å². The molecule has 0 spiro atoms. The Morgan fingerprint density at radius 1 is 1.03 bits per heavy atom. The third-order valence-corrected chi connectivity index (χ3v) is 6.02. The molecule has 0 radical (unpaired) electrons. The summed E-state index contributed by atoms with van der Waals surface area (Å²) in [4.78, 5) is 21.8. The van der Waals surface area contributed by atoms with Crippen molar-refractivity contribution in [3.63, 3.8) is 0 Å². The summed E-state index contributed by atoms with van der Waals surface area (Å²) in [6.07, 6.45) is 4.71. The predicted octanol–water partition coefficient (Wildman–Crippen LogP) is 4.65. The van der Waals surface area contributed by atoms with Gasteiger partial charge in [0.1, 0.15) is 29.6 Å². The Balaban J connectivity index is 1.16. The van der Waals surface area contributed by atoms with Gasteiger partial charge in [0.05, 0.1) is 10.7 Å². The standard InChI is InChI=1S/C25H24ClFN4O3/c26-18-2-9-24-28-20(16-31(24)14-18)15-29-10-1-11-30(13-12-29)25(32)23-8-7-22(34-23)17-33-21-5-3-19(27)4-6-21/h2-9,14,16H,1,10-13,15,17H2. The third-order valence-electron chi connectivity index (χ3n) is 5.79. The van der Waals surface area contributed by atoms with Crippen molar-refractivity contribution < 1.29 is 18.3 Å². The molecule has 0 atom stereocenters. The summed E-state index contributed by atoms with van der Waals surface area (Å²) in [6.45, 7) is 3.79. The molecule has 3 aromatic heterocycles. The minimum Gasteiger partial charge on any atom is -0.486 e. The maximum Gasteiger partial charge on any atom is 0.289 e. The molecule has 1 aliphatic rings. The average Bonchev–Trinajstić information content (AvgIpc) is 3.39. The number of ether oxygens (including phenoxy) is 1. The van der Waals surface area contributed by atoms with Crippen LogP contribution >= 0.6 is 11.6 Å². The Kier molecular flexibility index (Phi) is 6.51. The number of fused-ring (bicyclic) bond motifs is 1. The van der Waals surface area contributed by atoms with Gasteiger partial charge in [-0.1, -0.05) is 11.6 Å². The van der Waals surface area contributed by atoms with E-state index < -0.39 is 0 Å². The lowest BCUT2D eigenvalue weighted by atomic mass is 10.3. The molecule has 7 nitrogen and oxygen atoms in total. The number of carbonyl (C=O) groups excluding carboxylic acids is 1. The molecule has 0 unspecified atom stereocenters. The van der Waals surface area contributed by atoms with Crippen molar-refractivity contribution in [3.8, 4) is 5.75 Å². The number of halogens is 2. The Bertz CT molecular complexity index is 1290. The van der Waals surface area contributed by atoms with Gasteiger partial charge in [-0.2, -0.15) is 0 Å². The highest BCUT2D eigenvalue weighted by Gasteiger charge is 2.23. The number of amides is 1. The first-order chi connectivity index (χ1) is 16.5. The zero-order valence-electron chi connectivity index (χ0n) is 18.5. The number of imidazole rings is 1. The van der Waals surface area contributed by atoms with Gasteiger partial charge in [-0.15, -0.1) is 0 Å². The van der Waals surface area contributed by atoms with Crippen molar-refractivity contribution in [1.82, 2.24) is 19.2 Å². The number of aromatic nitrogens is 2. The largest absolute Gasteiger partial charge is 0.486 e. The average molecular weight is 483 g/mol. The van der Waals surface area contributed by atoms with Crippen LogP contribution in [0.15, 0.2) is 65.3 Å². The summed E-state index contributed by atoms with van der Waals surface area (Å²) in [6, 6.07) is 12.9. The van der Waals surface area contributed by atoms with Crippen molar-refractivity contribution in [2.24, 2.45) is 0 Å². The van der Waals surface area contributed by atoms with E-state index >= 15 is 0 Å². The summed E-state index contributed by atoms with van der Waals surface area (Å²) < 4.78 is 26.3. The van der Waals surface area contributed by atoms with Gasteiger partial charge >= 0.3 is 0 Å². The van der Waals surface area contributed by atoms with Crippen LogP contribution in [0.1, 0.15) is 28.4 Å². The lowest BCUT2D eigenvalue weighted by molar-refractivity contribution is 0.0725. The van der Waals surface area contributed by atoms with Crippen LogP contribution in [0, 0.1) is 5.82 Å². The van der Waals surface area contributed by atoms with Gasteiger partial charge in [0.15, 0.2) is 5.76 Å². The van der Waals surface area contributed by atoms with Crippen molar-refractivity contribution in [2.45, 2.75) is 19.6 Å². The van der Waals surface area contributed by atoms with Crippen LogP contribution < -0.4 is 4.74 Å². The lowest BCUT2D eigenvalue weighted by Crippen LogP contribution is -2.35. The molecule has 0 bridgehead atoms. The zero-order valence-corrected chi connectivity index (χ0v) is 19.2. The number of nitrogens with zero attached hydrogens (tertiary/aromatic N) is 4. The Morgan fingerprint density at radius 2 is 1.88 bits per heavy atom. The molecule has 0 N–H and O–H groups in total. The first kappa shape index (κ1) is 22.4. The van der Waals surface area contributed by atoms with Crippen LogP contribution in [0.5, 0.6) is 5.75 Å². The van der Waals surface area contributed by atoms with E-state index in [2.05, 4.69) is 9.88 Å². The Labute approximate surface area is 201 Å². The smallest absolute Gasteiger partial charge is 0.289 e. The van der Waals surface area contributed by atoms with Crippen LogP contribution in [-0.4, -0.2) is 51.3 Å². The van der Waals surface area contributed by atoms with E-state index in [0.717, 1.165) is 30.9 Å². The molecule has 4 aromatic rings. The second kappa shape index (κ2) is 9.87. The third kappa shape index (κ3) is 5.24. The van der Waals surface area contributed by atoms with Crippen molar-refractivity contribution in [2.75, 3.05) is 26.2 Å². The topological polar surface area (TPSA) is 63.2 Å². The Morgan fingerprint density at radius 3 is 2.74 bits per heavy atom. The quantitative estimate of drug-likeness (QED) is 0.400. The number of pyridine rings is 1. The van der Waals surface area contributed by atoms with E-state index in [4.69, 9.17) is 20.8 Å². The molecule has 0 aliphatic carbocycles. The molecule has 1 aliphatic heterocycles. The highest BCUT2D eigenvalue weighted by molar-refractivity contribution is 6.30. The molecule has 4 heterocycles. The van der Waals surface area contributed by atoms with Gasteiger partial charge in [-0.25, -0.2) is 9.37 Å². The summed E-state index contributed by atoms with van der Waals surface area (Å²) in [5.74, 6) is 0.918. The molecule has 1 fully saturated rings. The maximum atomic E-state index is 13.0. The van der Waals surface area contributed by atoms with E-state index in [1.54, 1.807) is 24.3 Å². The molecule has 176 valence electrons. The fourth-order valence-electron chi connectivity index (χ4n) is 4.07. The summed E-state index contributed by atoms with van der Waals surface area (Å²) in [5, 5.41) is 0.670. The fraction of sp³-hybridized carbons (Fsp3) is 0.280. The van der Waals surface area contributed by atoms with Crippen molar-refractivity contribution in [1.29, 1.82) is 0 Å². The molecular formula is C25H24ClFN4O3. The number of benzene rings is 1. The van der Waals surface area contributed by atoms with Gasteiger partial charge < -0.3 is 18.5 Å². The summed E-state index contributed by atoms with van der Waals surface area (Å²) in [7, 11) is 0. The normalized spacial score (nSPS) is 14.9. The number of hydrogen-bond acceptors (Lipinski definition) is 5. The molecule has 1 amide bonds. The zero-order chi connectivity index (χ0) is 23.5. The number of hydrogen-bond donors (Lipinski definition) is 0. The monoisotopic (exact) mass is 482 g/mol. The fourth-order valence-corrected chi connectivity index (χ4v) is 4.23. The molecule has 0 saturated carbocycles. The van der Waals surface area contributed by atoms with E-state index in [-0.39, 0.29) is 18.3 Å². The number of rotatable bonds is 6. The summed E-state index contributed by atoms with van der Waals surface area (Å²) >= 11 is 6.07. The molecular weight excluding hydrogens is 459 g/mol. The number of furan rings is 1. The van der Waals surface area contributed by atoms with Crippen LogP contribution in [0.4, 0.5) is 4.39 Å². The maximum absolute atomic E-state index is 13.0. The highest BCUT2D eigenvalue weighted by Crippen LogP contribution is 2.18. The molecule has 34 heavy (non-hydrogen) atoms. The van der Waals surface area contributed by atoms with E-state index in [9.17, 15) is 9.18 Å². The van der Waals surface area contributed by atoms with Crippen LogP contribution in [-0.2, 0) is 13.2 Å². The predicted molar refractivity (Wildman–Crippen MR) is 125 cm³/mol. The Hall–Kier alpha value is -3.36. The van der Waals surface area contributed by atoms with Crippen molar-refractivity contribution >= 4 is 23.2 Å². The van der Waals surface area contributed by atoms with Gasteiger partial charge in [0, 0.05) is 45.1 Å². The van der Waals surface area contributed by atoms with Gasteiger partial charge in [-0.3, -0.25) is 9.69 Å². The molecule has 1 saturated heterocycles. The molecule has 5 rings (SSSR count). The lowest BCUT2D eigenvalue weighted by Gasteiger charge is -2.20. The van der Waals surface area contributed by atoms with Gasteiger partial charge in [0.25, 0.3) is 5.91 Å². The van der Waals surface area contributed by atoms with E-state index in [1.807, 2.05) is 33.8 Å². The SMILES string of the molecule is O=C(c1ccc(COc2ccc(F)cc2)o1)N1CCCN(Cc2cn3cc(Cl)ccc3n2)CC1. The second-order valence-corrected chi connectivity index (χ2v) is 8.71. The van der Waals surface area contributed by atoms with E-state index in [0.29, 0.717) is 41.9 Å². The van der Waals surface area contributed by atoms with Crippen LogP contribution in [0.25, 0.3) is 5.65 Å². The second-order valence-electron chi connectivity index (χ2n) is 8.28. The molecule has 9 heteroatoms. The minimum absolute atomic E-state index is 0.128. The summed E-state index contributed by atoms with van der Waals surface area (Å²) in [5.41, 5.74) is 1.84.